The van der Waals surface area contributed by atoms with Crippen LogP contribution in [0, 0.1) is 0 Å². The second kappa shape index (κ2) is 5.64. The number of piperidine rings is 1. The van der Waals surface area contributed by atoms with E-state index in [-0.39, 0.29) is 5.92 Å². The molecule has 1 aliphatic heterocycles. The van der Waals surface area contributed by atoms with Gasteiger partial charge in [0.25, 0.3) is 0 Å². The lowest BCUT2D eigenvalue weighted by Gasteiger charge is -2.27. The normalized spacial score (nSPS) is 21.2. The molecular formula is C16H18N6O2. The van der Waals surface area contributed by atoms with E-state index < -0.39 is 12.0 Å². The molecule has 0 spiro atoms. The summed E-state index contributed by atoms with van der Waals surface area (Å²) in [7, 11) is 0. The van der Waals surface area contributed by atoms with E-state index >= 15 is 0 Å². The molecule has 2 unspecified atom stereocenters. The fraction of sp³-hybridized carbons (Fsp3) is 0.312. The van der Waals surface area contributed by atoms with Gasteiger partial charge in [-0.2, -0.15) is 9.61 Å². The van der Waals surface area contributed by atoms with Crippen LogP contribution >= 0.6 is 0 Å². The summed E-state index contributed by atoms with van der Waals surface area (Å²) in [5, 5.41) is 16.5. The fourth-order valence-corrected chi connectivity index (χ4v) is 3.23. The van der Waals surface area contributed by atoms with Crippen molar-refractivity contribution in [2.75, 3.05) is 12.3 Å². The number of anilines is 1. The number of carboxylic acids is 1. The molecule has 124 valence electrons. The van der Waals surface area contributed by atoms with Crippen molar-refractivity contribution in [1.29, 1.82) is 0 Å². The zero-order valence-corrected chi connectivity index (χ0v) is 12.9. The Labute approximate surface area is 137 Å². The van der Waals surface area contributed by atoms with E-state index in [2.05, 4.69) is 15.4 Å². The summed E-state index contributed by atoms with van der Waals surface area (Å²) in [6.45, 7) is 0.577. The van der Waals surface area contributed by atoms with E-state index in [4.69, 9.17) is 15.8 Å². The third-order valence-corrected chi connectivity index (χ3v) is 4.56. The van der Waals surface area contributed by atoms with Gasteiger partial charge in [-0.15, -0.1) is 0 Å². The Morgan fingerprint density at radius 2 is 2.29 bits per heavy atom. The van der Waals surface area contributed by atoms with Crippen molar-refractivity contribution in [2.24, 2.45) is 0 Å². The Morgan fingerprint density at radius 3 is 2.96 bits per heavy atom. The second-order valence-corrected chi connectivity index (χ2v) is 6.07. The number of nitrogen functional groups attached to an aromatic ring is 1. The van der Waals surface area contributed by atoms with Gasteiger partial charge in [0.05, 0.1) is 11.9 Å². The Bertz CT molecular complexity index is 877. The molecule has 5 N–H and O–H groups in total. The lowest BCUT2D eigenvalue weighted by Crippen LogP contribution is -2.43. The van der Waals surface area contributed by atoms with Gasteiger partial charge in [-0.3, -0.25) is 4.79 Å². The van der Waals surface area contributed by atoms with Crippen LogP contribution in [0.25, 0.3) is 16.8 Å². The molecule has 3 aromatic heterocycles. The monoisotopic (exact) mass is 326 g/mol. The van der Waals surface area contributed by atoms with E-state index in [1.54, 1.807) is 10.7 Å². The predicted molar refractivity (Wildman–Crippen MR) is 88.6 cm³/mol. The van der Waals surface area contributed by atoms with Gasteiger partial charge < -0.3 is 21.1 Å². The summed E-state index contributed by atoms with van der Waals surface area (Å²) >= 11 is 0. The number of rotatable bonds is 3. The number of nitrogens with one attached hydrogen (secondary N) is 2. The Kier molecular flexibility index (Phi) is 3.46. The average Bonchev–Trinajstić information content (AvgIpc) is 3.24. The molecule has 0 radical (unpaired) electrons. The average molecular weight is 326 g/mol. The van der Waals surface area contributed by atoms with E-state index in [1.807, 2.05) is 24.5 Å². The molecule has 8 heteroatoms. The molecule has 0 amide bonds. The lowest BCUT2D eigenvalue weighted by molar-refractivity contribution is -0.140. The molecule has 3 aromatic rings. The third kappa shape index (κ3) is 2.41. The standard InChI is InChI=1S/C16H18N6O2/c17-14-5-13(10-1-2-12(16(23)24)19-7-10)21-15-11(8-20-22(14)15)9-3-4-18-6-9/h3-6,8,10,12,18-19H,1-2,7,17H2,(H,23,24). The Balaban J connectivity index is 1.70. The maximum Gasteiger partial charge on any atom is 0.320 e. The number of aromatic amines is 1. The molecule has 24 heavy (non-hydrogen) atoms. The lowest BCUT2D eigenvalue weighted by atomic mass is 9.92. The zero-order valence-electron chi connectivity index (χ0n) is 12.9. The topological polar surface area (TPSA) is 121 Å². The van der Waals surface area contributed by atoms with Crippen molar-refractivity contribution in [3.8, 4) is 11.1 Å². The maximum atomic E-state index is 11.1. The fourth-order valence-electron chi connectivity index (χ4n) is 3.23. The van der Waals surface area contributed by atoms with Crippen LogP contribution in [0.1, 0.15) is 24.5 Å². The first kappa shape index (κ1) is 14.7. The summed E-state index contributed by atoms with van der Waals surface area (Å²) in [6, 6.07) is 3.31. The maximum absolute atomic E-state index is 11.1. The van der Waals surface area contributed by atoms with Gasteiger partial charge in [-0.05, 0) is 18.9 Å². The number of H-pyrrole nitrogens is 1. The number of nitrogens with two attached hydrogens (primary N) is 1. The summed E-state index contributed by atoms with van der Waals surface area (Å²) in [6.07, 6.45) is 6.84. The van der Waals surface area contributed by atoms with Crippen molar-refractivity contribution in [3.05, 3.63) is 36.4 Å². The van der Waals surface area contributed by atoms with Crippen LogP contribution in [0.5, 0.6) is 0 Å². The molecule has 4 heterocycles. The number of carbonyl (C=O) groups is 1. The Morgan fingerprint density at radius 1 is 1.42 bits per heavy atom. The summed E-state index contributed by atoms with van der Waals surface area (Å²) in [5.74, 6) is -0.138. The van der Waals surface area contributed by atoms with Crippen LogP contribution in [0.2, 0.25) is 0 Å². The van der Waals surface area contributed by atoms with Crippen molar-refractivity contribution in [1.82, 2.24) is 24.9 Å². The molecular weight excluding hydrogens is 308 g/mol. The van der Waals surface area contributed by atoms with E-state index in [0.29, 0.717) is 24.4 Å². The summed E-state index contributed by atoms with van der Waals surface area (Å²) < 4.78 is 1.63. The van der Waals surface area contributed by atoms with Crippen molar-refractivity contribution >= 4 is 17.4 Å². The predicted octanol–water partition coefficient (Wildman–Crippen LogP) is 1.23. The molecule has 0 saturated carbocycles. The highest BCUT2D eigenvalue weighted by Gasteiger charge is 2.27. The van der Waals surface area contributed by atoms with Gasteiger partial charge in [-0.25, -0.2) is 4.98 Å². The molecule has 1 fully saturated rings. The molecule has 1 aliphatic rings. The highest BCUT2D eigenvalue weighted by atomic mass is 16.4. The highest BCUT2D eigenvalue weighted by Crippen LogP contribution is 2.29. The molecule has 1 saturated heterocycles. The van der Waals surface area contributed by atoms with Crippen LogP contribution in [0.15, 0.2) is 30.7 Å². The van der Waals surface area contributed by atoms with E-state index in [1.165, 1.54) is 0 Å². The van der Waals surface area contributed by atoms with Crippen LogP contribution in [-0.2, 0) is 4.79 Å². The summed E-state index contributed by atoms with van der Waals surface area (Å²) in [4.78, 5) is 18.8. The van der Waals surface area contributed by atoms with Crippen LogP contribution in [0.4, 0.5) is 5.82 Å². The summed E-state index contributed by atoms with van der Waals surface area (Å²) in [5.41, 5.74) is 9.64. The van der Waals surface area contributed by atoms with Crippen molar-refractivity contribution in [2.45, 2.75) is 24.8 Å². The number of carboxylic acid groups (broad SMARTS) is 1. The van der Waals surface area contributed by atoms with Gasteiger partial charge in [0.2, 0.25) is 0 Å². The van der Waals surface area contributed by atoms with E-state index in [0.717, 1.165) is 23.2 Å². The first-order chi connectivity index (χ1) is 11.6. The van der Waals surface area contributed by atoms with Gasteiger partial charge in [0.15, 0.2) is 5.65 Å². The molecule has 0 aliphatic carbocycles. The van der Waals surface area contributed by atoms with Crippen LogP contribution in [-0.4, -0.2) is 43.2 Å². The molecule has 8 nitrogen and oxygen atoms in total. The largest absolute Gasteiger partial charge is 0.480 e. The number of hydrogen-bond acceptors (Lipinski definition) is 5. The molecule has 4 rings (SSSR count). The zero-order chi connectivity index (χ0) is 16.7. The highest BCUT2D eigenvalue weighted by molar-refractivity contribution is 5.77. The minimum atomic E-state index is -0.804. The molecule has 0 bridgehead atoms. The van der Waals surface area contributed by atoms with Gasteiger partial charge in [0, 0.05) is 42.0 Å². The van der Waals surface area contributed by atoms with Gasteiger partial charge in [0.1, 0.15) is 11.9 Å². The van der Waals surface area contributed by atoms with E-state index in [9.17, 15) is 4.79 Å². The third-order valence-electron chi connectivity index (χ3n) is 4.56. The minimum Gasteiger partial charge on any atom is -0.480 e. The SMILES string of the molecule is Nc1cc(C2CCC(C(=O)O)NC2)nc2c(-c3cc[nH]c3)cnn12. The Hall–Kier alpha value is -2.87. The first-order valence-electron chi connectivity index (χ1n) is 7.87. The molecule has 2 atom stereocenters. The van der Waals surface area contributed by atoms with Gasteiger partial charge in [-0.1, -0.05) is 0 Å². The van der Waals surface area contributed by atoms with Gasteiger partial charge >= 0.3 is 5.97 Å². The number of fused-ring (bicyclic) bond motifs is 1. The minimum absolute atomic E-state index is 0.141. The quantitative estimate of drug-likeness (QED) is 0.574. The number of nitrogens with zero attached hydrogens (tertiary/aromatic N) is 3. The van der Waals surface area contributed by atoms with Crippen molar-refractivity contribution in [3.63, 3.8) is 0 Å². The smallest absolute Gasteiger partial charge is 0.320 e. The second-order valence-electron chi connectivity index (χ2n) is 6.07. The number of aliphatic carboxylic acids is 1. The van der Waals surface area contributed by atoms with Crippen molar-refractivity contribution < 1.29 is 9.90 Å². The number of aromatic nitrogens is 4. The molecule has 0 aromatic carbocycles. The van der Waals surface area contributed by atoms with Crippen LogP contribution < -0.4 is 11.1 Å². The number of hydrogen-bond donors (Lipinski definition) is 4. The van der Waals surface area contributed by atoms with Crippen LogP contribution in [0.3, 0.4) is 0 Å². The first-order valence-corrected chi connectivity index (χ1v) is 7.87.